The Morgan fingerprint density at radius 1 is 1.34 bits per heavy atom. The maximum Gasteiger partial charge on any atom is 0.243 e. The molecule has 2 unspecified atom stereocenters. The maximum atomic E-state index is 12.0. The van der Waals surface area contributed by atoms with Crippen LogP contribution in [0.2, 0.25) is 5.02 Å². The molecule has 0 aromatic heterocycles. The maximum absolute atomic E-state index is 12.0. The van der Waals surface area contributed by atoms with E-state index in [9.17, 15) is 4.79 Å². The second-order valence-electron chi connectivity index (χ2n) is 7.88. The number of nitrogens with zero attached hydrogens (tertiary/aromatic N) is 3. The zero-order chi connectivity index (χ0) is 20.6. The number of carbonyl (C=O) groups excluding carboxylic acids is 1. The van der Waals surface area contributed by atoms with E-state index in [-0.39, 0.29) is 24.6 Å². The molecule has 160 valence electrons. The molecule has 3 rings (SSSR count). The smallest absolute Gasteiger partial charge is 0.243 e. The minimum atomic E-state index is -0.0213. The number of amides is 1. The van der Waals surface area contributed by atoms with Gasteiger partial charge in [0.05, 0.1) is 6.10 Å². The lowest BCUT2D eigenvalue weighted by Gasteiger charge is -2.25. The van der Waals surface area contributed by atoms with E-state index in [0.29, 0.717) is 12.5 Å². The third kappa shape index (κ3) is 6.78. The van der Waals surface area contributed by atoms with Crippen molar-refractivity contribution in [2.75, 3.05) is 51.8 Å². The summed E-state index contributed by atoms with van der Waals surface area (Å²) in [4.78, 5) is 20.4. The summed E-state index contributed by atoms with van der Waals surface area (Å²) in [6, 6.07) is 8.19. The molecule has 0 spiro atoms. The molecule has 0 aliphatic carbocycles. The topological polar surface area (TPSA) is 69.2 Å². The Morgan fingerprint density at radius 3 is 2.93 bits per heavy atom. The quantitative estimate of drug-likeness (QED) is 0.544. The van der Waals surface area contributed by atoms with Crippen molar-refractivity contribution in [3.63, 3.8) is 0 Å². The number of anilines is 1. The summed E-state index contributed by atoms with van der Waals surface area (Å²) >= 11 is 6.14. The largest absolute Gasteiger partial charge is 0.376 e. The predicted octanol–water partition coefficient (Wildman–Crippen LogP) is 2.11. The van der Waals surface area contributed by atoms with Crippen molar-refractivity contribution in [2.24, 2.45) is 4.99 Å². The van der Waals surface area contributed by atoms with Gasteiger partial charge in [-0.25, -0.2) is 4.99 Å². The lowest BCUT2D eigenvalue weighted by atomic mass is 10.1. The van der Waals surface area contributed by atoms with Gasteiger partial charge < -0.3 is 25.2 Å². The molecule has 8 heteroatoms. The summed E-state index contributed by atoms with van der Waals surface area (Å²) in [7, 11) is 3.49. The zero-order valence-corrected chi connectivity index (χ0v) is 18.1. The lowest BCUT2D eigenvalue weighted by molar-refractivity contribution is -0.127. The normalized spacial score (nSPS) is 22.4. The van der Waals surface area contributed by atoms with E-state index >= 15 is 0 Å². The van der Waals surface area contributed by atoms with Crippen LogP contribution in [0.5, 0.6) is 0 Å². The van der Waals surface area contributed by atoms with Crippen LogP contribution in [0.3, 0.4) is 0 Å². The third-order valence-corrected chi connectivity index (χ3v) is 5.58. The van der Waals surface area contributed by atoms with Crippen molar-refractivity contribution < 1.29 is 9.53 Å². The first kappa shape index (κ1) is 21.7. The van der Waals surface area contributed by atoms with Gasteiger partial charge in [0.15, 0.2) is 5.96 Å². The standard InChI is InChI=1S/C21H32ClN5O2/c1-26(2)20(28)14-24-21(23-13-19-8-3-4-11-29-19)25-17-9-10-27(15-17)18-7-5-6-16(22)12-18/h5-7,12,17,19H,3-4,8-11,13-15H2,1-2H3,(H2,23,24,25). The van der Waals surface area contributed by atoms with Crippen molar-refractivity contribution in [1.29, 1.82) is 0 Å². The molecule has 1 aromatic carbocycles. The number of hydrogen-bond donors (Lipinski definition) is 2. The monoisotopic (exact) mass is 421 g/mol. The van der Waals surface area contributed by atoms with E-state index in [2.05, 4.69) is 26.6 Å². The van der Waals surface area contributed by atoms with Crippen molar-refractivity contribution in [3.05, 3.63) is 29.3 Å². The lowest BCUT2D eigenvalue weighted by Crippen LogP contribution is -2.47. The van der Waals surface area contributed by atoms with Crippen LogP contribution in [0.25, 0.3) is 0 Å². The third-order valence-electron chi connectivity index (χ3n) is 5.34. The molecule has 2 aliphatic heterocycles. The van der Waals surface area contributed by atoms with E-state index in [1.807, 2.05) is 18.2 Å². The van der Waals surface area contributed by atoms with Crippen molar-refractivity contribution >= 4 is 29.2 Å². The van der Waals surface area contributed by atoms with Crippen LogP contribution in [0.1, 0.15) is 25.7 Å². The van der Waals surface area contributed by atoms with Crippen LogP contribution in [0, 0.1) is 0 Å². The summed E-state index contributed by atoms with van der Waals surface area (Å²) in [5.41, 5.74) is 1.13. The summed E-state index contributed by atoms with van der Waals surface area (Å²) in [6.07, 6.45) is 4.58. The highest BCUT2D eigenvalue weighted by Crippen LogP contribution is 2.23. The molecule has 2 N–H and O–H groups in total. The Hall–Kier alpha value is -1.99. The number of guanidine groups is 1. The van der Waals surface area contributed by atoms with Gasteiger partial charge >= 0.3 is 0 Å². The van der Waals surface area contributed by atoms with Crippen LogP contribution < -0.4 is 15.5 Å². The highest BCUT2D eigenvalue weighted by atomic mass is 35.5. The predicted molar refractivity (Wildman–Crippen MR) is 118 cm³/mol. The second-order valence-corrected chi connectivity index (χ2v) is 8.31. The van der Waals surface area contributed by atoms with Crippen molar-refractivity contribution in [3.8, 4) is 0 Å². The average molecular weight is 422 g/mol. The van der Waals surface area contributed by atoms with Gasteiger partial charge in [0.25, 0.3) is 0 Å². The van der Waals surface area contributed by atoms with Gasteiger partial charge in [0, 0.05) is 57.1 Å². The van der Waals surface area contributed by atoms with E-state index < -0.39 is 0 Å². The van der Waals surface area contributed by atoms with Gasteiger partial charge in [-0.05, 0) is 43.9 Å². The molecule has 7 nitrogen and oxygen atoms in total. The first-order chi connectivity index (χ1) is 14.0. The molecule has 29 heavy (non-hydrogen) atoms. The van der Waals surface area contributed by atoms with Gasteiger partial charge in [0.1, 0.15) is 6.54 Å². The number of halogens is 1. The highest BCUT2D eigenvalue weighted by Gasteiger charge is 2.24. The van der Waals surface area contributed by atoms with Gasteiger partial charge in [-0.15, -0.1) is 0 Å². The van der Waals surface area contributed by atoms with E-state index in [0.717, 1.165) is 49.7 Å². The fourth-order valence-corrected chi connectivity index (χ4v) is 3.78. The van der Waals surface area contributed by atoms with Gasteiger partial charge in [0.2, 0.25) is 5.91 Å². The summed E-state index contributed by atoms with van der Waals surface area (Å²) in [5, 5.41) is 7.63. The number of hydrogen-bond acceptors (Lipinski definition) is 4. The number of ether oxygens (including phenoxy) is 1. The van der Waals surface area contributed by atoms with Gasteiger partial charge in [-0.1, -0.05) is 17.7 Å². The van der Waals surface area contributed by atoms with E-state index in [1.54, 1.807) is 19.0 Å². The highest BCUT2D eigenvalue weighted by molar-refractivity contribution is 6.30. The number of benzene rings is 1. The Labute approximate surface area is 178 Å². The van der Waals surface area contributed by atoms with Crippen molar-refractivity contribution in [2.45, 2.75) is 37.8 Å². The Balaban J connectivity index is 1.58. The molecule has 0 saturated carbocycles. The number of rotatable bonds is 6. The molecule has 1 amide bonds. The first-order valence-corrected chi connectivity index (χ1v) is 10.8. The van der Waals surface area contributed by atoms with E-state index in [1.165, 1.54) is 6.42 Å². The van der Waals surface area contributed by atoms with Crippen LogP contribution in [0.4, 0.5) is 5.69 Å². The molecule has 1 aromatic rings. The second kappa shape index (κ2) is 10.7. The summed E-state index contributed by atoms with van der Waals surface area (Å²) < 4.78 is 5.81. The van der Waals surface area contributed by atoms with Gasteiger partial charge in [-0.3, -0.25) is 4.79 Å². The molecule has 0 radical (unpaired) electrons. The fourth-order valence-electron chi connectivity index (χ4n) is 3.60. The summed E-state index contributed by atoms with van der Waals surface area (Å²) in [5.74, 6) is 0.652. The zero-order valence-electron chi connectivity index (χ0n) is 17.4. The van der Waals surface area contributed by atoms with Crippen LogP contribution in [0.15, 0.2) is 29.3 Å². The fraction of sp³-hybridized carbons (Fsp3) is 0.619. The molecular formula is C21H32ClN5O2. The Morgan fingerprint density at radius 2 is 2.21 bits per heavy atom. The molecule has 0 bridgehead atoms. The molecule has 2 aliphatic rings. The molecule has 2 heterocycles. The first-order valence-electron chi connectivity index (χ1n) is 10.4. The molecular weight excluding hydrogens is 390 g/mol. The summed E-state index contributed by atoms with van der Waals surface area (Å²) in [6.45, 7) is 3.46. The van der Waals surface area contributed by atoms with Crippen LogP contribution >= 0.6 is 11.6 Å². The van der Waals surface area contributed by atoms with Crippen LogP contribution in [-0.2, 0) is 9.53 Å². The van der Waals surface area contributed by atoms with E-state index in [4.69, 9.17) is 16.3 Å². The van der Waals surface area contributed by atoms with Crippen LogP contribution in [-0.4, -0.2) is 75.8 Å². The number of nitrogens with one attached hydrogen (secondary N) is 2. The average Bonchev–Trinajstić information content (AvgIpc) is 3.19. The molecule has 2 fully saturated rings. The Kier molecular flexibility index (Phi) is 8.00. The van der Waals surface area contributed by atoms with Gasteiger partial charge in [-0.2, -0.15) is 0 Å². The van der Waals surface area contributed by atoms with Crippen molar-refractivity contribution in [1.82, 2.24) is 15.5 Å². The minimum absolute atomic E-state index is 0.0213. The molecule has 2 saturated heterocycles. The number of carbonyl (C=O) groups is 1. The molecule has 2 atom stereocenters. The SMILES string of the molecule is CN(C)C(=O)CN=C(NCC1CCCCO1)NC1CCN(c2cccc(Cl)c2)C1. The number of likely N-dealkylation sites (N-methyl/N-ethyl adjacent to an activating group) is 1. The number of aliphatic imine (C=N–C) groups is 1. The Bertz CT molecular complexity index is 706. The minimum Gasteiger partial charge on any atom is -0.376 e.